The summed E-state index contributed by atoms with van der Waals surface area (Å²) >= 11 is 0. The number of esters is 2. The first-order valence-corrected chi connectivity index (χ1v) is 28.4. The van der Waals surface area contributed by atoms with Crippen LogP contribution in [0.2, 0.25) is 0 Å². The van der Waals surface area contributed by atoms with Gasteiger partial charge in [0.1, 0.15) is 36.8 Å². The summed E-state index contributed by atoms with van der Waals surface area (Å²) in [6.45, 7) is 3.80. The van der Waals surface area contributed by atoms with E-state index in [9.17, 15) is 37.9 Å². The highest BCUT2D eigenvalue weighted by Crippen LogP contribution is 2.24. The van der Waals surface area contributed by atoms with Crippen molar-refractivity contribution in [3.63, 3.8) is 0 Å². The first-order valence-electron chi connectivity index (χ1n) is 26.7. The summed E-state index contributed by atoms with van der Waals surface area (Å²) in [4.78, 5) is 25.5. The molecule has 4 N–H and O–H groups in total. The number of ether oxygens (including phenoxy) is 4. The Balaban J connectivity index is 2.34. The third-order valence-corrected chi connectivity index (χ3v) is 13.3. The van der Waals surface area contributed by atoms with E-state index in [0.29, 0.717) is 12.8 Å². The molecule has 0 bridgehead atoms. The Bertz CT molecular complexity index is 1250. The lowest BCUT2D eigenvalue weighted by atomic mass is 10.00. The van der Waals surface area contributed by atoms with Gasteiger partial charge >= 0.3 is 11.9 Å². The minimum atomic E-state index is -4.60. The molecular weight excluding hydrogens is 849 g/mol. The van der Waals surface area contributed by atoms with Gasteiger partial charge in [0.15, 0.2) is 12.4 Å². The quantitative estimate of drug-likeness (QED) is 0.0196. The highest BCUT2D eigenvalue weighted by Gasteiger charge is 2.46. The van der Waals surface area contributed by atoms with Gasteiger partial charge in [0.25, 0.3) is 10.1 Å². The van der Waals surface area contributed by atoms with Gasteiger partial charge in [-0.15, -0.1) is 0 Å². The lowest BCUT2D eigenvalue weighted by Crippen LogP contribution is -2.60. The zero-order valence-corrected chi connectivity index (χ0v) is 42.2. The average Bonchev–Trinajstić information content (AvgIpc) is 3.27. The summed E-state index contributed by atoms with van der Waals surface area (Å²) in [5, 5.41) is 31.0. The normalized spacial score (nSPS) is 19.5. The maximum atomic E-state index is 12.9. The molecule has 0 aromatic heterocycles. The average molecular weight is 947 g/mol. The maximum Gasteiger partial charge on any atom is 0.306 e. The monoisotopic (exact) mass is 947 g/mol. The second-order valence-electron chi connectivity index (χ2n) is 18.9. The van der Waals surface area contributed by atoms with Crippen molar-refractivity contribution in [2.24, 2.45) is 0 Å². The van der Waals surface area contributed by atoms with Crippen molar-refractivity contribution in [3.05, 3.63) is 12.2 Å². The predicted molar refractivity (Wildman–Crippen MR) is 261 cm³/mol. The van der Waals surface area contributed by atoms with Crippen LogP contribution < -0.4 is 0 Å². The number of aliphatic hydroxyl groups is 3. The van der Waals surface area contributed by atoms with Crippen LogP contribution in [0.15, 0.2) is 12.2 Å². The van der Waals surface area contributed by atoms with E-state index in [4.69, 9.17) is 18.9 Å². The van der Waals surface area contributed by atoms with Gasteiger partial charge in [-0.05, 0) is 38.5 Å². The molecule has 1 fully saturated rings. The fourth-order valence-electron chi connectivity index (χ4n) is 8.44. The van der Waals surface area contributed by atoms with Crippen LogP contribution in [0, 0.1) is 0 Å². The molecule has 0 aliphatic carbocycles. The summed E-state index contributed by atoms with van der Waals surface area (Å²) in [6, 6.07) is 0. The van der Waals surface area contributed by atoms with Gasteiger partial charge in [0.05, 0.1) is 6.61 Å². The molecule has 12 nitrogen and oxygen atoms in total. The molecule has 1 aliphatic rings. The molecule has 1 aliphatic heterocycles. The van der Waals surface area contributed by atoms with E-state index in [2.05, 4.69) is 26.0 Å². The zero-order chi connectivity index (χ0) is 47.6. The molecule has 0 aromatic rings. The third kappa shape index (κ3) is 37.0. The molecule has 65 heavy (non-hydrogen) atoms. The van der Waals surface area contributed by atoms with Crippen LogP contribution in [-0.2, 0) is 38.7 Å². The van der Waals surface area contributed by atoms with Crippen molar-refractivity contribution < 1.29 is 56.8 Å². The van der Waals surface area contributed by atoms with E-state index in [0.717, 1.165) is 38.5 Å². The summed E-state index contributed by atoms with van der Waals surface area (Å²) in [5.41, 5.74) is 0. The van der Waals surface area contributed by atoms with Crippen LogP contribution in [-0.4, -0.2) is 96.0 Å². The van der Waals surface area contributed by atoms with Gasteiger partial charge < -0.3 is 34.3 Å². The van der Waals surface area contributed by atoms with Crippen LogP contribution in [0.1, 0.15) is 251 Å². The lowest BCUT2D eigenvalue weighted by molar-refractivity contribution is -0.297. The number of unbranched alkanes of at least 4 members (excludes halogenated alkanes) is 32. The van der Waals surface area contributed by atoms with Crippen molar-refractivity contribution in [2.45, 2.75) is 288 Å². The largest absolute Gasteiger partial charge is 0.462 e. The third-order valence-electron chi connectivity index (χ3n) is 12.6. The van der Waals surface area contributed by atoms with E-state index in [-0.39, 0.29) is 19.4 Å². The number of hydrogen-bond acceptors (Lipinski definition) is 11. The molecule has 1 rings (SSSR count). The first kappa shape index (κ1) is 61.4. The number of carbonyl (C=O) groups is 2. The van der Waals surface area contributed by atoms with Crippen LogP contribution in [0.25, 0.3) is 0 Å². The zero-order valence-electron chi connectivity index (χ0n) is 41.4. The lowest BCUT2D eigenvalue weighted by Gasteiger charge is -2.40. The molecule has 0 radical (unpaired) electrons. The highest BCUT2D eigenvalue weighted by molar-refractivity contribution is 7.85. The molecular formula is C52H98O12S. The van der Waals surface area contributed by atoms with Gasteiger partial charge in [-0.3, -0.25) is 14.1 Å². The number of hydrogen-bond donors (Lipinski definition) is 4. The Kier molecular flexibility index (Phi) is 40.1. The molecule has 0 amide bonds. The summed E-state index contributed by atoms with van der Waals surface area (Å²) in [7, 11) is -4.60. The number of allylic oxidation sites excluding steroid dienone is 2. The SMILES string of the molecule is CCCCCC/C=C/CCCCCCCCCCCC(=O)O[C@H](COC(=O)CCCCCCCCCCCCCCCCCCCCCC)CO[C@H]1O[C@H](CS(=O)(=O)O)[C@@H](O)C(O)C1O. The van der Waals surface area contributed by atoms with E-state index in [1.807, 2.05) is 0 Å². The van der Waals surface area contributed by atoms with Gasteiger partial charge in [-0.2, -0.15) is 8.42 Å². The van der Waals surface area contributed by atoms with Crippen LogP contribution in [0.4, 0.5) is 0 Å². The van der Waals surface area contributed by atoms with Gasteiger partial charge in [-0.25, -0.2) is 0 Å². The first-order chi connectivity index (χ1) is 31.5. The second-order valence-corrected chi connectivity index (χ2v) is 20.4. The molecule has 2 unspecified atom stereocenters. The van der Waals surface area contributed by atoms with Crippen molar-refractivity contribution in [3.8, 4) is 0 Å². The molecule has 0 aromatic carbocycles. The molecule has 13 heteroatoms. The van der Waals surface area contributed by atoms with Crippen LogP contribution in [0.3, 0.4) is 0 Å². The van der Waals surface area contributed by atoms with Crippen molar-refractivity contribution >= 4 is 22.1 Å². The molecule has 0 saturated carbocycles. The fourth-order valence-corrected chi connectivity index (χ4v) is 9.13. The Hall–Kier alpha value is -1.61. The summed E-state index contributed by atoms with van der Waals surface area (Å²) in [6.07, 6.45) is 38.2. The molecule has 6 atom stereocenters. The molecule has 0 spiro atoms. The smallest absolute Gasteiger partial charge is 0.306 e. The maximum absolute atomic E-state index is 12.9. The van der Waals surface area contributed by atoms with Crippen molar-refractivity contribution in [1.82, 2.24) is 0 Å². The summed E-state index contributed by atoms with van der Waals surface area (Å²) in [5.74, 6) is -1.97. The number of carbonyl (C=O) groups excluding carboxylic acids is 2. The Morgan fingerprint density at radius 2 is 0.877 bits per heavy atom. The Morgan fingerprint density at radius 3 is 1.29 bits per heavy atom. The Morgan fingerprint density at radius 1 is 0.508 bits per heavy atom. The topological polar surface area (TPSA) is 186 Å². The van der Waals surface area contributed by atoms with Crippen LogP contribution in [0.5, 0.6) is 0 Å². The van der Waals surface area contributed by atoms with E-state index in [1.54, 1.807) is 0 Å². The molecule has 384 valence electrons. The van der Waals surface area contributed by atoms with Gasteiger partial charge in [-0.1, -0.05) is 212 Å². The predicted octanol–water partition coefficient (Wildman–Crippen LogP) is 12.2. The summed E-state index contributed by atoms with van der Waals surface area (Å²) < 4.78 is 54.3. The minimum absolute atomic E-state index is 0.167. The van der Waals surface area contributed by atoms with E-state index >= 15 is 0 Å². The van der Waals surface area contributed by atoms with Crippen molar-refractivity contribution in [1.29, 1.82) is 0 Å². The van der Waals surface area contributed by atoms with E-state index in [1.165, 1.54) is 173 Å². The van der Waals surface area contributed by atoms with Gasteiger partial charge in [0.2, 0.25) is 0 Å². The number of aliphatic hydroxyl groups excluding tert-OH is 3. The standard InChI is InChI=1S/C52H98O12S/c1-3-5-7-9-11-13-15-17-19-21-22-23-25-26-28-30-32-34-36-38-40-47(53)61-42-45(43-62-52-51(57)50(56)49(55)46(64-52)44-65(58,59)60)63-48(54)41-39-37-35-33-31-29-27-24-20-18-16-14-12-10-8-6-4-2/h14,16,45-46,49-52,55-57H,3-13,15,17-44H2,1-2H3,(H,58,59,60)/b16-14+/t45-,46-,49-,50?,51?,52+/m1/s1. The second kappa shape index (κ2) is 42.5. The Labute approximate surface area is 396 Å². The van der Waals surface area contributed by atoms with E-state index < -0.39 is 71.2 Å². The number of rotatable bonds is 46. The van der Waals surface area contributed by atoms with Crippen LogP contribution >= 0.6 is 0 Å². The highest BCUT2D eigenvalue weighted by atomic mass is 32.2. The van der Waals surface area contributed by atoms with Gasteiger partial charge in [0, 0.05) is 12.8 Å². The fraction of sp³-hybridized carbons (Fsp3) is 0.923. The minimum Gasteiger partial charge on any atom is -0.462 e. The van der Waals surface area contributed by atoms with Crippen molar-refractivity contribution in [2.75, 3.05) is 19.0 Å². The molecule has 1 heterocycles. The molecule has 1 saturated heterocycles.